The number of nitrogens with one attached hydrogen (secondary N) is 1. The summed E-state index contributed by atoms with van der Waals surface area (Å²) in [5.74, 6) is -2.01. The molecule has 8 heteroatoms. The predicted octanol–water partition coefficient (Wildman–Crippen LogP) is 1.59. The van der Waals surface area contributed by atoms with Gasteiger partial charge in [-0.1, -0.05) is 30.0 Å². The van der Waals surface area contributed by atoms with Gasteiger partial charge in [0.2, 0.25) is 5.91 Å². The van der Waals surface area contributed by atoms with Gasteiger partial charge < -0.3 is 16.2 Å². The molecule has 0 aliphatic rings. The minimum atomic E-state index is -2.72. The van der Waals surface area contributed by atoms with Gasteiger partial charge in [-0.15, -0.1) is 0 Å². The summed E-state index contributed by atoms with van der Waals surface area (Å²) in [5, 5.41) is 9.83. The van der Waals surface area contributed by atoms with Crippen molar-refractivity contribution in [3.8, 4) is 0 Å². The number of rotatable bonds is 6. The number of thioether (sulfide) groups is 1. The Labute approximate surface area is 118 Å². The van der Waals surface area contributed by atoms with Gasteiger partial charge in [-0.25, -0.2) is 13.6 Å². The van der Waals surface area contributed by atoms with Gasteiger partial charge in [-0.2, -0.15) is 0 Å². The third kappa shape index (κ3) is 4.46. The molecule has 1 aromatic rings. The van der Waals surface area contributed by atoms with Crippen LogP contribution in [0.5, 0.6) is 0 Å². The molecule has 0 bridgehead atoms. The highest BCUT2D eigenvalue weighted by Crippen LogP contribution is 2.32. The van der Waals surface area contributed by atoms with E-state index < -0.39 is 29.7 Å². The summed E-state index contributed by atoms with van der Waals surface area (Å²) in [4.78, 5) is 22.6. The summed E-state index contributed by atoms with van der Waals surface area (Å²) in [5.41, 5.74) is 5.04. The Balaban J connectivity index is 2.92. The van der Waals surface area contributed by atoms with Crippen molar-refractivity contribution < 1.29 is 23.5 Å². The molecule has 0 saturated carbocycles. The van der Waals surface area contributed by atoms with E-state index in [1.807, 2.05) is 0 Å². The molecule has 110 valence electrons. The molecule has 5 nitrogen and oxygen atoms in total. The zero-order valence-electron chi connectivity index (χ0n) is 10.5. The van der Waals surface area contributed by atoms with Crippen LogP contribution in [0.25, 0.3) is 0 Å². The Morgan fingerprint density at radius 2 is 1.95 bits per heavy atom. The lowest BCUT2D eigenvalue weighted by Gasteiger charge is -2.17. The molecule has 1 aromatic carbocycles. The maximum absolute atomic E-state index is 12.8. The molecule has 2 atom stereocenters. The predicted molar refractivity (Wildman–Crippen MR) is 70.5 cm³/mol. The third-order valence-electron chi connectivity index (χ3n) is 2.31. The van der Waals surface area contributed by atoms with E-state index in [4.69, 9.17) is 10.8 Å². The van der Waals surface area contributed by atoms with E-state index in [-0.39, 0.29) is 10.5 Å². The number of carbonyl (C=O) groups excluding carboxylic acids is 1. The number of carboxylic acids is 1. The number of carbonyl (C=O) groups is 2. The zero-order valence-corrected chi connectivity index (χ0v) is 11.4. The molecule has 0 unspecified atom stereocenters. The number of hydrogen-bond donors (Lipinski definition) is 3. The molecule has 0 aliphatic carbocycles. The van der Waals surface area contributed by atoms with Crippen LogP contribution < -0.4 is 11.1 Å². The molecule has 0 fully saturated rings. The van der Waals surface area contributed by atoms with Crippen molar-refractivity contribution in [1.29, 1.82) is 0 Å². The molecule has 20 heavy (non-hydrogen) atoms. The normalized spacial score (nSPS) is 13.8. The first kappa shape index (κ1) is 16.4. The van der Waals surface area contributed by atoms with Gasteiger partial charge in [0.15, 0.2) is 5.37 Å². The standard InChI is InChI=1S/C12H14F2N2O3S/c1-6(15)10(17)16-11(12(18)19)20-8-5-3-2-4-7(8)9(13)14/h2-6,9,11H,15H2,1H3,(H,16,17)(H,18,19)/t6-,11+/m1/s1. The van der Waals surface area contributed by atoms with Gasteiger partial charge in [0.05, 0.1) is 6.04 Å². The molecular formula is C12H14F2N2O3S. The number of benzene rings is 1. The Kier molecular flexibility index (Phi) is 5.90. The first-order valence-corrected chi connectivity index (χ1v) is 6.53. The van der Waals surface area contributed by atoms with Gasteiger partial charge in [-0.3, -0.25) is 4.79 Å². The molecule has 0 heterocycles. The monoisotopic (exact) mass is 304 g/mol. The number of hydrogen-bond acceptors (Lipinski definition) is 4. The smallest absolute Gasteiger partial charge is 0.337 e. The minimum Gasteiger partial charge on any atom is -0.479 e. The summed E-state index contributed by atoms with van der Waals surface area (Å²) in [6.07, 6.45) is -2.72. The highest BCUT2D eigenvalue weighted by molar-refractivity contribution is 8.00. The number of nitrogens with two attached hydrogens (primary N) is 1. The van der Waals surface area contributed by atoms with E-state index in [1.165, 1.54) is 31.2 Å². The largest absolute Gasteiger partial charge is 0.479 e. The van der Waals surface area contributed by atoms with Gasteiger partial charge in [0.1, 0.15) is 0 Å². The van der Waals surface area contributed by atoms with Crippen LogP contribution in [-0.4, -0.2) is 28.4 Å². The third-order valence-corrected chi connectivity index (χ3v) is 3.49. The second-order valence-corrected chi connectivity index (χ2v) is 5.12. The summed E-state index contributed by atoms with van der Waals surface area (Å²) < 4.78 is 25.6. The van der Waals surface area contributed by atoms with Crippen LogP contribution in [0.2, 0.25) is 0 Å². The van der Waals surface area contributed by atoms with Crippen molar-refractivity contribution in [2.45, 2.75) is 29.7 Å². The van der Waals surface area contributed by atoms with E-state index in [1.54, 1.807) is 0 Å². The van der Waals surface area contributed by atoms with Crippen molar-refractivity contribution in [1.82, 2.24) is 5.32 Å². The van der Waals surface area contributed by atoms with Crippen LogP contribution >= 0.6 is 11.8 Å². The van der Waals surface area contributed by atoms with Gasteiger partial charge in [0.25, 0.3) is 6.43 Å². The van der Waals surface area contributed by atoms with Gasteiger partial charge in [0, 0.05) is 10.5 Å². The molecule has 0 spiro atoms. The Hall–Kier alpha value is -1.67. The second kappa shape index (κ2) is 7.20. The Morgan fingerprint density at radius 1 is 1.35 bits per heavy atom. The van der Waals surface area contributed by atoms with Crippen molar-refractivity contribution >= 4 is 23.6 Å². The first-order valence-electron chi connectivity index (χ1n) is 5.65. The summed E-state index contributed by atoms with van der Waals surface area (Å²) in [6.45, 7) is 1.39. The molecule has 0 saturated heterocycles. The quantitative estimate of drug-likeness (QED) is 0.548. The van der Waals surface area contributed by atoms with Crippen molar-refractivity contribution in [2.75, 3.05) is 0 Å². The van der Waals surface area contributed by atoms with Crippen LogP contribution in [0.4, 0.5) is 8.78 Å². The number of amides is 1. The average Bonchev–Trinajstić information content (AvgIpc) is 2.37. The maximum Gasteiger partial charge on any atom is 0.337 e. The number of aliphatic carboxylic acids is 1. The van der Waals surface area contributed by atoms with Crippen LogP contribution in [0.1, 0.15) is 18.9 Å². The molecule has 4 N–H and O–H groups in total. The Morgan fingerprint density at radius 3 is 2.45 bits per heavy atom. The van der Waals surface area contributed by atoms with E-state index in [2.05, 4.69) is 5.32 Å². The van der Waals surface area contributed by atoms with E-state index in [0.29, 0.717) is 11.8 Å². The van der Waals surface area contributed by atoms with Gasteiger partial charge >= 0.3 is 5.97 Å². The van der Waals surface area contributed by atoms with Crippen LogP contribution in [-0.2, 0) is 9.59 Å². The fourth-order valence-corrected chi connectivity index (χ4v) is 2.28. The van der Waals surface area contributed by atoms with E-state index in [9.17, 15) is 18.4 Å². The zero-order chi connectivity index (χ0) is 15.3. The topological polar surface area (TPSA) is 92.4 Å². The minimum absolute atomic E-state index is 0.0971. The molecule has 0 aliphatic heterocycles. The van der Waals surface area contributed by atoms with E-state index in [0.717, 1.165) is 0 Å². The highest BCUT2D eigenvalue weighted by Gasteiger charge is 2.25. The van der Waals surface area contributed by atoms with Crippen LogP contribution in [0, 0.1) is 0 Å². The van der Waals surface area contributed by atoms with Crippen molar-refractivity contribution in [3.63, 3.8) is 0 Å². The van der Waals surface area contributed by atoms with Gasteiger partial charge in [-0.05, 0) is 13.0 Å². The number of alkyl halides is 2. The molecule has 0 radical (unpaired) electrons. The lowest BCUT2D eigenvalue weighted by molar-refractivity contribution is -0.139. The maximum atomic E-state index is 12.8. The average molecular weight is 304 g/mol. The fraction of sp³-hybridized carbons (Fsp3) is 0.333. The molecule has 1 amide bonds. The second-order valence-electron chi connectivity index (χ2n) is 3.97. The SMILES string of the molecule is C[C@@H](N)C(=O)N[C@@H](Sc1ccccc1C(F)F)C(=O)O. The summed E-state index contributed by atoms with van der Waals surface area (Å²) in [6, 6.07) is 4.64. The molecular weight excluding hydrogens is 290 g/mol. The fourth-order valence-electron chi connectivity index (χ4n) is 1.30. The lowest BCUT2D eigenvalue weighted by Crippen LogP contribution is -2.45. The highest BCUT2D eigenvalue weighted by atomic mass is 32.2. The molecule has 0 aromatic heterocycles. The number of halogens is 2. The summed E-state index contributed by atoms with van der Waals surface area (Å²) in [7, 11) is 0. The van der Waals surface area contributed by atoms with Crippen LogP contribution in [0.15, 0.2) is 29.2 Å². The summed E-state index contributed by atoms with van der Waals surface area (Å²) >= 11 is 0.630. The Bertz CT molecular complexity index is 497. The van der Waals surface area contributed by atoms with E-state index >= 15 is 0 Å². The number of carboxylic acid groups (broad SMARTS) is 1. The first-order chi connectivity index (χ1) is 9.32. The molecule has 1 rings (SSSR count). The van der Waals surface area contributed by atoms with Crippen molar-refractivity contribution in [3.05, 3.63) is 29.8 Å². The van der Waals surface area contributed by atoms with Crippen LogP contribution in [0.3, 0.4) is 0 Å². The van der Waals surface area contributed by atoms with Crippen molar-refractivity contribution in [2.24, 2.45) is 5.73 Å². The lowest BCUT2D eigenvalue weighted by atomic mass is 10.2.